The Hall–Kier alpha value is -3.61. The van der Waals surface area contributed by atoms with Crippen LogP contribution >= 0.6 is 0 Å². The van der Waals surface area contributed by atoms with Crippen LogP contribution in [0.3, 0.4) is 0 Å². The smallest absolute Gasteiger partial charge is 0.332 e. The first kappa shape index (κ1) is 20.3. The van der Waals surface area contributed by atoms with Crippen molar-refractivity contribution in [3.63, 3.8) is 0 Å². The van der Waals surface area contributed by atoms with E-state index in [-0.39, 0.29) is 30.4 Å². The van der Waals surface area contributed by atoms with Crippen molar-refractivity contribution < 1.29 is 14.4 Å². The van der Waals surface area contributed by atoms with Gasteiger partial charge < -0.3 is 14.4 Å². The van der Waals surface area contributed by atoms with E-state index in [0.717, 1.165) is 16.5 Å². The number of benzene rings is 2. The summed E-state index contributed by atoms with van der Waals surface area (Å²) in [7, 11) is 1.99. The quantitative estimate of drug-likeness (QED) is 0.597. The number of hydrogen-bond acceptors (Lipinski definition) is 3. The van der Waals surface area contributed by atoms with Crippen LogP contribution in [0.1, 0.15) is 18.4 Å². The van der Waals surface area contributed by atoms with E-state index in [2.05, 4.69) is 16.7 Å². The Kier molecular flexibility index (Phi) is 5.17. The number of rotatable bonds is 4. The van der Waals surface area contributed by atoms with Crippen molar-refractivity contribution in [1.29, 1.82) is 0 Å². The van der Waals surface area contributed by atoms with E-state index in [9.17, 15) is 14.4 Å². The molecule has 0 spiro atoms. The summed E-state index contributed by atoms with van der Waals surface area (Å²) in [6.45, 7) is 1.29. The van der Waals surface area contributed by atoms with Gasteiger partial charge in [-0.1, -0.05) is 36.4 Å². The lowest BCUT2D eigenvalue weighted by molar-refractivity contribution is -0.132. The fourth-order valence-corrected chi connectivity index (χ4v) is 4.90. The van der Waals surface area contributed by atoms with Crippen LogP contribution in [0.15, 0.2) is 60.8 Å². The van der Waals surface area contributed by atoms with Crippen molar-refractivity contribution in [3.05, 3.63) is 66.4 Å². The first-order valence-electron chi connectivity index (χ1n) is 11.0. The molecule has 0 radical (unpaired) electrons. The minimum Gasteiger partial charge on any atom is -0.350 e. The molecular weight excluding hydrogens is 404 g/mol. The van der Waals surface area contributed by atoms with Crippen molar-refractivity contribution in [2.45, 2.75) is 25.3 Å². The lowest BCUT2D eigenvalue weighted by atomic mass is 10.0. The Labute approximate surface area is 186 Å². The Morgan fingerprint density at radius 2 is 1.66 bits per heavy atom. The highest BCUT2D eigenvalue weighted by Gasteiger charge is 2.41. The van der Waals surface area contributed by atoms with Crippen molar-refractivity contribution >= 4 is 34.4 Å². The van der Waals surface area contributed by atoms with E-state index in [4.69, 9.17) is 0 Å². The number of anilines is 1. The fourth-order valence-electron chi connectivity index (χ4n) is 4.90. The van der Waals surface area contributed by atoms with Gasteiger partial charge in [-0.15, -0.1) is 0 Å². The number of aryl methyl sites for hydroxylation is 1. The minimum atomic E-state index is -0.262. The van der Waals surface area contributed by atoms with Crippen LogP contribution in [-0.2, 0) is 23.1 Å². The summed E-state index contributed by atoms with van der Waals surface area (Å²) < 4.78 is 2.05. The molecule has 0 unspecified atom stereocenters. The van der Waals surface area contributed by atoms with Crippen LogP contribution in [0.4, 0.5) is 10.5 Å². The lowest BCUT2D eigenvalue weighted by Crippen LogP contribution is -2.48. The van der Waals surface area contributed by atoms with Gasteiger partial charge in [-0.05, 0) is 36.6 Å². The zero-order chi connectivity index (χ0) is 22.2. The van der Waals surface area contributed by atoms with E-state index in [1.807, 2.05) is 48.5 Å². The average molecular weight is 431 g/mol. The number of urea groups is 1. The zero-order valence-electron chi connectivity index (χ0n) is 18.1. The highest BCUT2D eigenvalue weighted by Crippen LogP contribution is 2.27. The number of likely N-dealkylation sites (tertiary alicyclic amines) is 1. The largest absolute Gasteiger partial charge is 0.350 e. The highest BCUT2D eigenvalue weighted by atomic mass is 16.2. The van der Waals surface area contributed by atoms with E-state index < -0.39 is 0 Å². The molecule has 2 fully saturated rings. The number of piperidine rings is 1. The minimum absolute atomic E-state index is 0.0261. The van der Waals surface area contributed by atoms with Crippen molar-refractivity contribution in [2.24, 2.45) is 7.05 Å². The van der Waals surface area contributed by atoms with Crippen LogP contribution in [0, 0.1) is 0 Å². The van der Waals surface area contributed by atoms with Crippen molar-refractivity contribution in [3.8, 4) is 0 Å². The number of carbonyl (C=O) groups excluding carboxylic acids is 3. The molecule has 4 amide bonds. The number of amides is 4. The third-order valence-corrected chi connectivity index (χ3v) is 6.59. The summed E-state index contributed by atoms with van der Waals surface area (Å²) in [6.07, 6.45) is 3.77. The molecule has 1 aromatic heterocycles. The lowest BCUT2D eigenvalue weighted by Gasteiger charge is -2.36. The summed E-state index contributed by atoms with van der Waals surface area (Å²) in [5, 5.41) is 1.11. The Morgan fingerprint density at radius 1 is 0.969 bits per heavy atom. The maximum Gasteiger partial charge on any atom is 0.332 e. The van der Waals surface area contributed by atoms with Gasteiger partial charge in [0.25, 0.3) is 5.91 Å². The summed E-state index contributed by atoms with van der Waals surface area (Å²) >= 11 is 0. The van der Waals surface area contributed by atoms with Gasteiger partial charge in [0, 0.05) is 43.3 Å². The molecule has 3 heterocycles. The van der Waals surface area contributed by atoms with Crippen LogP contribution in [0.2, 0.25) is 0 Å². The molecule has 5 rings (SSSR count). The van der Waals surface area contributed by atoms with Crippen LogP contribution in [0.5, 0.6) is 0 Å². The van der Waals surface area contributed by atoms with E-state index >= 15 is 0 Å². The molecule has 0 aliphatic carbocycles. The second-order valence-electron chi connectivity index (χ2n) is 8.55. The maximum absolute atomic E-state index is 13.0. The standard InChI is InChI=1S/C25H26N4O3/c1-26-16-18(21-9-5-6-10-22(21)26)15-23(30)27-13-11-19(12-14-27)28-17-24(31)29(25(28)32)20-7-3-2-4-8-20/h2-10,16,19H,11-15,17H2,1H3. The average Bonchev–Trinajstić information content (AvgIpc) is 3.30. The molecule has 0 bridgehead atoms. The Bertz CT molecular complexity index is 1180. The monoisotopic (exact) mass is 430 g/mol. The second kappa shape index (κ2) is 8.15. The molecule has 2 aliphatic heterocycles. The SMILES string of the molecule is Cn1cc(CC(=O)N2CCC(N3CC(=O)N(c4ccccc4)C3=O)CC2)c2ccccc21. The van der Waals surface area contributed by atoms with Gasteiger partial charge in [0.2, 0.25) is 5.91 Å². The molecule has 2 aromatic carbocycles. The van der Waals surface area contributed by atoms with Crippen LogP contribution < -0.4 is 4.90 Å². The van der Waals surface area contributed by atoms with Gasteiger partial charge in [0.05, 0.1) is 12.1 Å². The second-order valence-corrected chi connectivity index (χ2v) is 8.55. The third-order valence-electron chi connectivity index (χ3n) is 6.59. The summed E-state index contributed by atoms with van der Waals surface area (Å²) in [5.74, 6) is -0.0924. The fraction of sp³-hybridized carbons (Fsp3) is 0.320. The van der Waals surface area contributed by atoms with Crippen molar-refractivity contribution in [2.75, 3.05) is 24.5 Å². The number of para-hydroxylation sites is 2. The molecular formula is C25H26N4O3. The number of carbonyl (C=O) groups is 3. The molecule has 7 heteroatoms. The van der Waals surface area contributed by atoms with Crippen molar-refractivity contribution in [1.82, 2.24) is 14.4 Å². The summed E-state index contributed by atoms with van der Waals surface area (Å²) in [6, 6.07) is 16.9. The van der Waals surface area contributed by atoms with Gasteiger partial charge in [0.15, 0.2) is 0 Å². The molecule has 164 valence electrons. The number of hydrogen-bond donors (Lipinski definition) is 0. The zero-order valence-corrected chi connectivity index (χ0v) is 18.1. The first-order valence-corrected chi connectivity index (χ1v) is 11.0. The molecule has 3 aromatic rings. The molecule has 0 atom stereocenters. The molecule has 0 N–H and O–H groups in total. The van der Waals surface area contributed by atoms with Crippen LogP contribution in [0.25, 0.3) is 10.9 Å². The third kappa shape index (κ3) is 3.53. The summed E-state index contributed by atoms with van der Waals surface area (Å²) in [5.41, 5.74) is 2.76. The molecule has 2 aliphatic rings. The maximum atomic E-state index is 13.0. The molecule has 2 saturated heterocycles. The molecule has 0 saturated carbocycles. The normalized spacial score (nSPS) is 17.6. The van der Waals surface area contributed by atoms with Gasteiger partial charge in [-0.2, -0.15) is 0 Å². The van der Waals surface area contributed by atoms with Gasteiger partial charge >= 0.3 is 6.03 Å². The van der Waals surface area contributed by atoms with Gasteiger partial charge in [0.1, 0.15) is 6.54 Å². The number of nitrogens with zero attached hydrogens (tertiary/aromatic N) is 4. The van der Waals surface area contributed by atoms with Gasteiger partial charge in [-0.3, -0.25) is 9.59 Å². The Morgan fingerprint density at radius 3 is 2.41 bits per heavy atom. The van der Waals surface area contributed by atoms with Gasteiger partial charge in [-0.25, -0.2) is 9.69 Å². The Balaban J connectivity index is 1.22. The number of imide groups is 1. The van der Waals surface area contributed by atoms with Crippen LogP contribution in [-0.4, -0.2) is 57.9 Å². The number of fused-ring (bicyclic) bond motifs is 1. The predicted octanol–water partition coefficient (Wildman–Crippen LogP) is 3.18. The van der Waals surface area contributed by atoms with E-state index in [1.165, 1.54) is 4.90 Å². The molecule has 32 heavy (non-hydrogen) atoms. The predicted molar refractivity (Wildman–Crippen MR) is 122 cm³/mol. The first-order chi connectivity index (χ1) is 15.5. The van der Waals surface area contributed by atoms with E-state index in [0.29, 0.717) is 38.0 Å². The highest BCUT2D eigenvalue weighted by molar-refractivity contribution is 6.19. The number of aromatic nitrogens is 1. The van der Waals surface area contributed by atoms with E-state index in [1.54, 1.807) is 17.0 Å². The topological polar surface area (TPSA) is 65.9 Å². The molecule has 7 nitrogen and oxygen atoms in total. The summed E-state index contributed by atoms with van der Waals surface area (Å²) in [4.78, 5) is 43.3.